The van der Waals surface area contributed by atoms with E-state index in [0.29, 0.717) is 11.3 Å². The van der Waals surface area contributed by atoms with E-state index < -0.39 is 6.04 Å². The fourth-order valence-corrected chi connectivity index (χ4v) is 1.79. The Kier molecular flexibility index (Phi) is 3.92. The van der Waals surface area contributed by atoms with Gasteiger partial charge in [0.25, 0.3) is 0 Å². The van der Waals surface area contributed by atoms with Crippen molar-refractivity contribution in [1.82, 2.24) is 0 Å². The summed E-state index contributed by atoms with van der Waals surface area (Å²) in [6, 6.07) is 12.5. The third-order valence-corrected chi connectivity index (χ3v) is 2.89. The first kappa shape index (κ1) is 13.2. The van der Waals surface area contributed by atoms with Crippen molar-refractivity contribution in [3.05, 3.63) is 65.5 Å². The minimum absolute atomic E-state index is 0.319. The molecule has 1 amide bonds. The number of benzene rings is 2. The molecule has 0 radical (unpaired) electrons. The minimum atomic E-state index is -0.745. The van der Waals surface area contributed by atoms with Crippen LogP contribution in [0.2, 0.25) is 0 Å². The summed E-state index contributed by atoms with van der Waals surface area (Å²) >= 11 is 0. The first-order valence-electron chi connectivity index (χ1n) is 5.95. The Morgan fingerprint density at radius 1 is 1.21 bits per heavy atom. The number of hydrogen-bond acceptors (Lipinski definition) is 2. The molecule has 0 aliphatic rings. The normalized spacial score (nSPS) is 11.9. The van der Waals surface area contributed by atoms with Crippen molar-refractivity contribution >= 4 is 11.6 Å². The molecule has 2 aromatic carbocycles. The van der Waals surface area contributed by atoms with E-state index in [1.54, 1.807) is 19.1 Å². The molecule has 0 aromatic heterocycles. The van der Waals surface area contributed by atoms with Crippen LogP contribution in [0.5, 0.6) is 0 Å². The molecule has 3 nitrogen and oxygen atoms in total. The number of nitrogens with one attached hydrogen (secondary N) is 1. The molecule has 0 heterocycles. The second kappa shape index (κ2) is 5.63. The van der Waals surface area contributed by atoms with Gasteiger partial charge in [0, 0.05) is 5.69 Å². The van der Waals surface area contributed by atoms with E-state index in [9.17, 15) is 9.18 Å². The highest BCUT2D eigenvalue weighted by Gasteiger charge is 2.16. The van der Waals surface area contributed by atoms with Gasteiger partial charge < -0.3 is 11.1 Å². The van der Waals surface area contributed by atoms with Crippen molar-refractivity contribution in [2.75, 3.05) is 5.32 Å². The summed E-state index contributed by atoms with van der Waals surface area (Å²) in [4.78, 5) is 12.0. The Bertz CT molecular complexity index is 584. The van der Waals surface area contributed by atoms with Gasteiger partial charge >= 0.3 is 0 Å². The van der Waals surface area contributed by atoms with Gasteiger partial charge in [-0.05, 0) is 36.2 Å². The van der Waals surface area contributed by atoms with E-state index in [0.717, 1.165) is 5.56 Å². The zero-order valence-electron chi connectivity index (χ0n) is 10.6. The topological polar surface area (TPSA) is 55.1 Å². The molecule has 0 aliphatic carbocycles. The van der Waals surface area contributed by atoms with Crippen LogP contribution in [0.4, 0.5) is 10.1 Å². The minimum Gasteiger partial charge on any atom is -0.324 e. The lowest BCUT2D eigenvalue weighted by atomic mass is 10.1. The van der Waals surface area contributed by atoms with Crippen LogP contribution >= 0.6 is 0 Å². The third-order valence-electron chi connectivity index (χ3n) is 2.89. The lowest BCUT2D eigenvalue weighted by Gasteiger charge is -2.14. The molecule has 2 rings (SSSR count). The van der Waals surface area contributed by atoms with Crippen LogP contribution in [-0.4, -0.2) is 5.91 Å². The van der Waals surface area contributed by atoms with E-state index in [1.807, 2.05) is 18.2 Å². The maximum Gasteiger partial charge on any atom is 0.245 e. The maximum atomic E-state index is 13.0. The standard InChI is InChI=1S/C15H15FN2O/c1-10-9-12(16)7-8-13(10)18-15(19)14(17)11-5-3-2-4-6-11/h2-9,14H,17H2,1H3,(H,18,19)/t14-/m0/s1. The third kappa shape index (κ3) is 3.17. The van der Waals surface area contributed by atoms with Gasteiger partial charge in [-0.3, -0.25) is 4.79 Å². The fourth-order valence-electron chi connectivity index (χ4n) is 1.79. The number of amides is 1. The molecule has 0 spiro atoms. The van der Waals surface area contributed by atoms with Crippen LogP contribution in [0.3, 0.4) is 0 Å². The monoisotopic (exact) mass is 258 g/mol. The van der Waals surface area contributed by atoms with Crippen molar-refractivity contribution in [3.8, 4) is 0 Å². The Balaban J connectivity index is 2.13. The van der Waals surface area contributed by atoms with Crippen molar-refractivity contribution in [2.24, 2.45) is 5.73 Å². The number of rotatable bonds is 3. The van der Waals surface area contributed by atoms with Gasteiger partial charge in [0.2, 0.25) is 5.91 Å². The van der Waals surface area contributed by atoms with Crippen LogP contribution in [0, 0.1) is 12.7 Å². The Morgan fingerprint density at radius 3 is 2.53 bits per heavy atom. The number of hydrogen-bond donors (Lipinski definition) is 2. The number of aryl methyl sites for hydroxylation is 1. The van der Waals surface area contributed by atoms with Crippen LogP contribution in [-0.2, 0) is 4.79 Å². The summed E-state index contributed by atoms with van der Waals surface area (Å²) in [5, 5.41) is 2.71. The van der Waals surface area contributed by atoms with Crippen LogP contribution < -0.4 is 11.1 Å². The molecular weight excluding hydrogens is 243 g/mol. The van der Waals surface area contributed by atoms with Gasteiger partial charge in [-0.1, -0.05) is 30.3 Å². The van der Waals surface area contributed by atoms with Gasteiger partial charge in [0.05, 0.1) is 0 Å². The summed E-state index contributed by atoms with van der Waals surface area (Å²) in [5.41, 5.74) is 7.84. The van der Waals surface area contributed by atoms with Crippen molar-refractivity contribution in [3.63, 3.8) is 0 Å². The molecule has 1 atom stereocenters. The average Bonchev–Trinajstić information content (AvgIpc) is 2.42. The molecule has 19 heavy (non-hydrogen) atoms. The Morgan fingerprint density at radius 2 is 1.89 bits per heavy atom. The average molecular weight is 258 g/mol. The Hall–Kier alpha value is -2.20. The van der Waals surface area contributed by atoms with E-state index in [-0.39, 0.29) is 11.7 Å². The molecule has 3 N–H and O–H groups in total. The summed E-state index contributed by atoms with van der Waals surface area (Å²) in [6.45, 7) is 1.73. The van der Waals surface area contributed by atoms with Gasteiger partial charge in [0.15, 0.2) is 0 Å². The molecule has 2 aromatic rings. The second-order valence-electron chi connectivity index (χ2n) is 4.34. The largest absolute Gasteiger partial charge is 0.324 e. The summed E-state index contributed by atoms with van der Waals surface area (Å²) < 4.78 is 13.0. The zero-order chi connectivity index (χ0) is 13.8. The van der Waals surface area contributed by atoms with Crippen LogP contribution in [0.25, 0.3) is 0 Å². The van der Waals surface area contributed by atoms with Crippen LogP contribution in [0.1, 0.15) is 17.2 Å². The molecule has 0 aliphatic heterocycles. The first-order valence-corrected chi connectivity index (χ1v) is 5.95. The molecule has 4 heteroatoms. The molecule has 98 valence electrons. The predicted octanol–water partition coefficient (Wildman–Crippen LogP) is 2.77. The van der Waals surface area contributed by atoms with Gasteiger partial charge in [-0.25, -0.2) is 4.39 Å². The molecule has 0 saturated carbocycles. The predicted molar refractivity (Wildman–Crippen MR) is 73.1 cm³/mol. The highest BCUT2D eigenvalue weighted by Crippen LogP contribution is 2.18. The van der Waals surface area contributed by atoms with E-state index in [4.69, 9.17) is 5.73 Å². The number of carbonyl (C=O) groups is 1. The highest BCUT2D eigenvalue weighted by atomic mass is 19.1. The molecular formula is C15H15FN2O. The SMILES string of the molecule is Cc1cc(F)ccc1NC(=O)[C@@H](N)c1ccccc1. The maximum absolute atomic E-state index is 13.0. The first-order chi connectivity index (χ1) is 9.08. The van der Waals surface area contributed by atoms with E-state index in [1.165, 1.54) is 18.2 Å². The fraction of sp³-hybridized carbons (Fsp3) is 0.133. The summed E-state index contributed by atoms with van der Waals surface area (Å²) in [5.74, 6) is -0.649. The lowest BCUT2D eigenvalue weighted by molar-refractivity contribution is -0.117. The van der Waals surface area contributed by atoms with Crippen molar-refractivity contribution in [1.29, 1.82) is 0 Å². The summed E-state index contributed by atoms with van der Waals surface area (Å²) in [6.07, 6.45) is 0. The van der Waals surface area contributed by atoms with Gasteiger partial charge in [0.1, 0.15) is 11.9 Å². The van der Waals surface area contributed by atoms with E-state index in [2.05, 4.69) is 5.32 Å². The zero-order valence-corrected chi connectivity index (χ0v) is 10.6. The van der Waals surface area contributed by atoms with E-state index >= 15 is 0 Å². The number of halogens is 1. The smallest absolute Gasteiger partial charge is 0.245 e. The van der Waals surface area contributed by atoms with Crippen molar-refractivity contribution < 1.29 is 9.18 Å². The Labute approximate surface area is 111 Å². The molecule has 0 unspecified atom stereocenters. The number of anilines is 1. The quantitative estimate of drug-likeness (QED) is 0.889. The highest BCUT2D eigenvalue weighted by molar-refractivity contribution is 5.95. The summed E-state index contributed by atoms with van der Waals surface area (Å²) in [7, 11) is 0. The molecule has 0 fully saturated rings. The number of carbonyl (C=O) groups excluding carboxylic acids is 1. The van der Waals surface area contributed by atoms with Gasteiger partial charge in [-0.15, -0.1) is 0 Å². The second-order valence-corrected chi connectivity index (χ2v) is 4.34. The van der Waals surface area contributed by atoms with Crippen LogP contribution in [0.15, 0.2) is 48.5 Å². The number of nitrogens with two attached hydrogens (primary N) is 1. The van der Waals surface area contributed by atoms with Gasteiger partial charge in [-0.2, -0.15) is 0 Å². The lowest BCUT2D eigenvalue weighted by Crippen LogP contribution is -2.27. The molecule has 0 bridgehead atoms. The molecule has 0 saturated heterocycles. The van der Waals surface area contributed by atoms with Crippen molar-refractivity contribution in [2.45, 2.75) is 13.0 Å².